The molecule has 1 aliphatic rings. The fourth-order valence-electron chi connectivity index (χ4n) is 9.32. The van der Waals surface area contributed by atoms with Crippen LogP contribution in [0.5, 0.6) is 0 Å². The van der Waals surface area contributed by atoms with E-state index in [2.05, 4.69) is 153 Å². The van der Waals surface area contributed by atoms with E-state index in [9.17, 15) is 0 Å². The van der Waals surface area contributed by atoms with Crippen LogP contribution in [-0.4, -0.2) is 27.6 Å². The lowest BCUT2D eigenvalue weighted by molar-refractivity contribution is 0.838. The molecule has 1 aliphatic carbocycles. The number of hydrogen-bond acceptors (Lipinski definition) is 4. The topological polar surface area (TPSA) is 48.8 Å². The third-order valence-corrected chi connectivity index (χ3v) is 25.2. The Kier molecular flexibility index (Phi) is 15.7. The monoisotopic (exact) mass is 848 g/mol. The van der Waals surface area contributed by atoms with Gasteiger partial charge >= 0.3 is 0 Å². The quantitative estimate of drug-likeness (QED) is 0.0848. The van der Waals surface area contributed by atoms with Gasteiger partial charge in [-0.1, -0.05) is 107 Å². The van der Waals surface area contributed by atoms with Gasteiger partial charge in [0.15, 0.2) is 0 Å². The van der Waals surface area contributed by atoms with E-state index < -0.39 is 16.1 Å². The smallest absolute Gasteiger partial charge is 0.146 e. The number of aliphatic imine (C=N–C) groups is 2. The summed E-state index contributed by atoms with van der Waals surface area (Å²) in [5.74, 6) is 12.6. The molecule has 0 aromatic heterocycles. The normalized spacial score (nSPS) is 14.3. The van der Waals surface area contributed by atoms with Crippen LogP contribution in [0.15, 0.2) is 131 Å². The lowest BCUT2D eigenvalue weighted by Gasteiger charge is -2.38. The molecule has 0 aliphatic heterocycles. The van der Waals surface area contributed by atoms with Crippen LogP contribution in [0.1, 0.15) is 105 Å². The molecule has 6 heteroatoms. The molecule has 0 saturated carbocycles. The predicted octanol–water partition coefficient (Wildman–Crippen LogP) is 14.6. The van der Waals surface area contributed by atoms with E-state index in [4.69, 9.17) is 22.8 Å². The summed E-state index contributed by atoms with van der Waals surface area (Å²) in [4.78, 5) is 10.4. The minimum absolute atomic E-state index is 0.565. The number of nitrogens with one attached hydrogen (secondary N) is 2. The fraction of sp³-hybridized carbons (Fsp3) is 0.321. The molecule has 0 spiro atoms. The standard InChI is InChI=1S/C56H64N4Si2/c1-15-45-17-25-49(26-18-45)57-53-37-56(60-52-31-23-48(24-32-52)34-36-62(42(9)10,43(11)12)44(13)14)54(58-50-27-19-46(16-2)20-28-50)38-55(53)59-51-29-21-47(22-30-51)33-35-61(39(3)4,40(5)6)41(7)8/h1-2,17-32,37-44,57-58H,3-14H3. The molecule has 0 heterocycles. The van der Waals surface area contributed by atoms with E-state index in [-0.39, 0.29) is 0 Å². The molecule has 5 rings (SSSR count). The van der Waals surface area contributed by atoms with Crippen LogP contribution in [0.4, 0.5) is 22.7 Å². The first-order valence-corrected chi connectivity index (χ1v) is 26.5. The van der Waals surface area contributed by atoms with Gasteiger partial charge in [-0.05, 0) is 142 Å². The van der Waals surface area contributed by atoms with Crippen molar-refractivity contribution in [3.63, 3.8) is 0 Å². The van der Waals surface area contributed by atoms with Crippen molar-refractivity contribution in [2.75, 3.05) is 10.6 Å². The van der Waals surface area contributed by atoms with E-state index in [0.29, 0.717) is 33.2 Å². The fourth-order valence-corrected chi connectivity index (χ4v) is 19.8. The highest BCUT2D eigenvalue weighted by atomic mass is 28.3. The Morgan fingerprint density at radius 3 is 0.935 bits per heavy atom. The highest BCUT2D eigenvalue weighted by molar-refractivity contribution is 6.91. The van der Waals surface area contributed by atoms with Crippen molar-refractivity contribution in [2.24, 2.45) is 9.98 Å². The molecule has 0 saturated heterocycles. The van der Waals surface area contributed by atoms with Gasteiger partial charge in [0.1, 0.15) is 16.1 Å². The first-order chi connectivity index (χ1) is 29.5. The summed E-state index contributed by atoms with van der Waals surface area (Å²) in [5, 5.41) is 7.24. The second-order valence-corrected chi connectivity index (χ2v) is 29.4. The van der Waals surface area contributed by atoms with Gasteiger partial charge in [-0.2, -0.15) is 0 Å². The minimum Gasteiger partial charge on any atom is -0.354 e. The minimum atomic E-state index is -1.87. The van der Waals surface area contributed by atoms with Crippen LogP contribution in [0.25, 0.3) is 0 Å². The summed E-state index contributed by atoms with van der Waals surface area (Å²) in [6, 6.07) is 32.1. The van der Waals surface area contributed by atoms with Crippen LogP contribution in [-0.2, 0) is 0 Å². The van der Waals surface area contributed by atoms with Gasteiger partial charge in [0.2, 0.25) is 0 Å². The average molecular weight is 849 g/mol. The molecule has 0 fully saturated rings. The summed E-state index contributed by atoms with van der Waals surface area (Å²) in [6.07, 6.45) is 15.5. The van der Waals surface area contributed by atoms with Crippen LogP contribution < -0.4 is 10.6 Å². The molecule has 2 N–H and O–H groups in total. The first-order valence-electron chi connectivity index (χ1n) is 22.1. The molecule has 0 unspecified atom stereocenters. The van der Waals surface area contributed by atoms with Gasteiger partial charge in [-0.25, -0.2) is 9.98 Å². The number of anilines is 2. The molecule has 0 radical (unpaired) electrons. The molecule has 4 nitrogen and oxygen atoms in total. The third-order valence-electron chi connectivity index (χ3n) is 12.6. The number of hydrogen-bond donors (Lipinski definition) is 2. The largest absolute Gasteiger partial charge is 0.354 e. The maximum atomic E-state index is 5.70. The highest BCUT2D eigenvalue weighted by Crippen LogP contribution is 2.42. The first kappa shape index (κ1) is 47.0. The maximum absolute atomic E-state index is 5.70. The van der Waals surface area contributed by atoms with Crippen molar-refractivity contribution >= 4 is 50.3 Å². The molecule has 4 aromatic rings. The average Bonchev–Trinajstić information content (AvgIpc) is 3.23. The lowest BCUT2D eigenvalue weighted by Crippen LogP contribution is -2.43. The van der Waals surface area contributed by atoms with E-state index in [0.717, 1.165) is 67.8 Å². The van der Waals surface area contributed by atoms with Crippen molar-refractivity contribution in [3.8, 4) is 47.6 Å². The van der Waals surface area contributed by atoms with Crippen molar-refractivity contribution < 1.29 is 0 Å². The molecular weight excluding hydrogens is 785 g/mol. The summed E-state index contributed by atoms with van der Waals surface area (Å²) in [7, 11) is -3.75. The predicted molar refractivity (Wildman–Crippen MR) is 275 cm³/mol. The summed E-state index contributed by atoms with van der Waals surface area (Å²) in [5.41, 5.74) is 21.1. The zero-order valence-corrected chi connectivity index (χ0v) is 40.9. The zero-order valence-electron chi connectivity index (χ0n) is 38.9. The number of benzene rings is 4. The van der Waals surface area contributed by atoms with Crippen molar-refractivity contribution in [1.82, 2.24) is 0 Å². The number of rotatable bonds is 12. The van der Waals surface area contributed by atoms with Gasteiger partial charge in [-0.3, -0.25) is 0 Å². The van der Waals surface area contributed by atoms with Gasteiger partial charge in [-0.15, -0.1) is 23.9 Å². The maximum Gasteiger partial charge on any atom is 0.146 e. The van der Waals surface area contributed by atoms with Crippen molar-refractivity contribution in [2.45, 2.75) is 116 Å². The number of allylic oxidation sites excluding steroid dienone is 2. The van der Waals surface area contributed by atoms with E-state index >= 15 is 0 Å². The van der Waals surface area contributed by atoms with E-state index in [1.165, 1.54) is 0 Å². The van der Waals surface area contributed by atoms with Crippen molar-refractivity contribution in [1.29, 1.82) is 0 Å². The van der Waals surface area contributed by atoms with Gasteiger partial charge < -0.3 is 10.6 Å². The van der Waals surface area contributed by atoms with Crippen molar-refractivity contribution in [3.05, 3.63) is 143 Å². The van der Waals surface area contributed by atoms with Crippen LogP contribution in [0, 0.1) is 47.6 Å². The van der Waals surface area contributed by atoms with Gasteiger partial charge in [0, 0.05) is 33.6 Å². The molecule has 0 atom stereocenters. The Labute approximate surface area is 376 Å². The third kappa shape index (κ3) is 10.9. The Balaban J connectivity index is 1.60. The van der Waals surface area contributed by atoms with E-state index in [1.807, 2.05) is 84.9 Å². The number of terminal acetylenes is 2. The Morgan fingerprint density at radius 2 is 0.677 bits per heavy atom. The Bertz CT molecular complexity index is 2300. The summed E-state index contributed by atoms with van der Waals surface area (Å²) >= 11 is 0. The molecule has 4 aromatic carbocycles. The second-order valence-electron chi connectivity index (χ2n) is 18.2. The molecular formula is C56H64N4Si2. The summed E-state index contributed by atoms with van der Waals surface area (Å²) in [6.45, 7) is 28.1. The van der Waals surface area contributed by atoms with Crippen LogP contribution in [0.3, 0.4) is 0 Å². The Morgan fingerprint density at radius 1 is 0.403 bits per heavy atom. The highest BCUT2D eigenvalue weighted by Gasteiger charge is 2.42. The van der Waals surface area contributed by atoms with Gasteiger partial charge in [0.25, 0.3) is 0 Å². The number of nitrogens with zero attached hydrogens (tertiary/aromatic N) is 2. The van der Waals surface area contributed by atoms with Crippen LogP contribution >= 0.6 is 0 Å². The SMILES string of the molecule is C#Cc1ccc(NC2=CC(=Nc3ccc(C#C[Si](C(C)C)(C(C)C)C(C)C)cc3)C(Nc3ccc(C#C)cc3)=CC2=Nc2ccc(C#C[Si](C(C)C)(C(C)C)C(C)C)cc2)cc1. The Hall–Kier alpha value is -6.03. The summed E-state index contributed by atoms with van der Waals surface area (Å²) < 4.78 is 0. The van der Waals surface area contributed by atoms with E-state index in [1.54, 1.807) is 0 Å². The van der Waals surface area contributed by atoms with Gasteiger partial charge in [0.05, 0.1) is 34.2 Å². The molecule has 62 heavy (non-hydrogen) atoms. The van der Waals surface area contributed by atoms with Crippen LogP contribution in [0.2, 0.25) is 33.2 Å². The zero-order chi connectivity index (χ0) is 45.2. The molecule has 0 amide bonds. The second kappa shape index (κ2) is 20.7. The lowest BCUT2D eigenvalue weighted by atomic mass is 10.0. The molecule has 316 valence electrons. The molecule has 0 bridgehead atoms.